The summed E-state index contributed by atoms with van der Waals surface area (Å²) in [4.78, 5) is 0. The van der Waals surface area contributed by atoms with Crippen LogP contribution in [0.4, 0.5) is 0 Å². The molecule has 0 aliphatic carbocycles. The molecule has 34 heavy (non-hydrogen) atoms. The summed E-state index contributed by atoms with van der Waals surface area (Å²) in [5, 5.41) is 46.6. The quantitative estimate of drug-likeness (QED) is 0.207. The molecule has 7 heteroatoms. The fraction of sp³-hybridized carbons (Fsp3) is 0.333. The predicted molar refractivity (Wildman–Crippen MR) is 129 cm³/mol. The molecule has 0 saturated carbocycles. The van der Waals surface area contributed by atoms with Crippen LogP contribution in [0.2, 0.25) is 0 Å². The van der Waals surface area contributed by atoms with Crippen molar-refractivity contribution in [3.8, 4) is 0 Å². The molecule has 1 aliphatic rings. The van der Waals surface area contributed by atoms with Crippen molar-refractivity contribution >= 4 is 0 Å². The largest absolute Gasteiger partial charge is 0.394 e. The molecule has 3 aromatic rings. The van der Waals surface area contributed by atoms with Crippen LogP contribution >= 0.6 is 0 Å². The van der Waals surface area contributed by atoms with E-state index in [0.717, 1.165) is 16.7 Å². The van der Waals surface area contributed by atoms with Gasteiger partial charge in [-0.05, 0) is 16.7 Å². The lowest BCUT2D eigenvalue weighted by Crippen LogP contribution is -2.63. The van der Waals surface area contributed by atoms with E-state index in [4.69, 9.17) is 4.74 Å². The highest BCUT2D eigenvalue weighted by atomic mass is 16.6. The van der Waals surface area contributed by atoms with Crippen LogP contribution in [0.3, 0.4) is 0 Å². The van der Waals surface area contributed by atoms with E-state index in [1.165, 1.54) is 0 Å². The third-order valence-corrected chi connectivity index (χ3v) is 6.37. The molecule has 1 fully saturated rings. The first-order valence-electron chi connectivity index (χ1n) is 11.5. The average Bonchev–Trinajstić information content (AvgIpc) is 2.90. The maximum Gasteiger partial charge on any atom is 0.137 e. The van der Waals surface area contributed by atoms with Gasteiger partial charge in [0.05, 0.1) is 12.1 Å². The van der Waals surface area contributed by atoms with Gasteiger partial charge in [-0.2, -0.15) is 0 Å². The topological polar surface area (TPSA) is 114 Å². The Morgan fingerprint density at radius 3 is 1.56 bits per heavy atom. The van der Waals surface area contributed by atoms with E-state index in [1.807, 2.05) is 54.6 Å². The standard InChI is InChI=1S/C27H32N2O5/c30-18-22-23(31)24(32)25(33)26(34-22)28-16-17-29-27(19-10-4-1-5-11-19,20-12-6-2-7-13-20)21-14-8-3-9-15-21/h1-15,22-26,28-33H,16-18H2/t22-,23-,24+,25+,26+/m1/s1. The van der Waals surface area contributed by atoms with Crippen LogP contribution in [0.25, 0.3) is 0 Å². The van der Waals surface area contributed by atoms with Gasteiger partial charge < -0.3 is 25.2 Å². The Labute approximate surface area is 199 Å². The van der Waals surface area contributed by atoms with Crippen molar-refractivity contribution in [2.45, 2.75) is 36.2 Å². The zero-order valence-corrected chi connectivity index (χ0v) is 18.9. The molecule has 7 nitrogen and oxygen atoms in total. The first-order chi connectivity index (χ1) is 16.6. The summed E-state index contributed by atoms with van der Waals surface area (Å²) >= 11 is 0. The van der Waals surface area contributed by atoms with E-state index in [1.54, 1.807) is 0 Å². The monoisotopic (exact) mass is 464 g/mol. The maximum atomic E-state index is 10.3. The predicted octanol–water partition coefficient (Wildman–Crippen LogP) is 0.958. The van der Waals surface area contributed by atoms with Crippen LogP contribution in [0.1, 0.15) is 16.7 Å². The zero-order chi connectivity index (χ0) is 24.0. The molecule has 1 saturated heterocycles. The fourth-order valence-electron chi connectivity index (χ4n) is 4.61. The van der Waals surface area contributed by atoms with Gasteiger partial charge in [-0.25, -0.2) is 0 Å². The van der Waals surface area contributed by atoms with Gasteiger partial charge in [0, 0.05) is 13.1 Å². The van der Waals surface area contributed by atoms with Crippen molar-refractivity contribution in [1.82, 2.24) is 10.6 Å². The number of ether oxygens (including phenoxy) is 1. The van der Waals surface area contributed by atoms with Crippen molar-refractivity contribution in [2.75, 3.05) is 19.7 Å². The molecule has 0 unspecified atom stereocenters. The smallest absolute Gasteiger partial charge is 0.137 e. The summed E-state index contributed by atoms with van der Waals surface area (Å²) in [6.45, 7) is 0.436. The van der Waals surface area contributed by atoms with Gasteiger partial charge in [0.1, 0.15) is 30.6 Å². The van der Waals surface area contributed by atoms with E-state index in [-0.39, 0.29) is 0 Å². The van der Waals surface area contributed by atoms with E-state index in [2.05, 4.69) is 47.0 Å². The lowest BCUT2D eigenvalue weighted by atomic mass is 9.77. The first kappa shape index (κ1) is 24.5. The fourth-order valence-corrected chi connectivity index (χ4v) is 4.61. The number of hydrogen-bond acceptors (Lipinski definition) is 7. The second-order valence-electron chi connectivity index (χ2n) is 8.48. The molecular weight excluding hydrogens is 432 g/mol. The Morgan fingerprint density at radius 2 is 1.12 bits per heavy atom. The molecule has 5 atom stereocenters. The molecular formula is C27H32N2O5. The van der Waals surface area contributed by atoms with Crippen molar-refractivity contribution in [3.05, 3.63) is 108 Å². The highest BCUT2D eigenvalue weighted by Gasteiger charge is 2.43. The molecule has 0 spiro atoms. The lowest BCUT2D eigenvalue weighted by molar-refractivity contribution is -0.236. The van der Waals surface area contributed by atoms with Crippen LogP contribution < -0.4 is 10.6 Å². The number of aliphatic hydroxyl groups is 4. The second-order valence-corrected chi connectivity index (χ2v) is 8.48. The maximum absolute atomic E-state index is 10.3. The molecule has 3 aromatic carbocycles. The minimum atomic E-state index is -1.41. The van der Waals surface area contributed by atoms with Crippen LogP contribution in [0.5, 0.6) is 0 Å². The van der Waals surface area contributed by atoms with E-state index >= 15 is 0 Å². The summed E-state index contributed by atoms with van der Waals surface area (Å²) in [6, 6.07) is 30.7. The molecule has 0 bridgehead atoms. The normalized spacial score (nSPS) is 25.2. The van der Waals surface area contributed by atoms with Gasteiger partial charge in [0.15, 0.2) is 0 Å². The highest BCUT2D eigenvalue weighted by molar-refractivity contribution is 5.49. The first-order valence-corrected chi connectivity index (χ1v) is 11.5. The van der Waals surface area contributed by atoms with E-state index < -0.39 is 42.8 Å². The molecule has 4 rings (SSSR count). The molecule has 1 aliphatic heterocycles. The SMILES string of the molecule is OC[C@H]1O[C@H](NCCNC(c2ccccc2)(c2ccccc2)c2ccccc2)[C@@H](O)[C@@H](O)[C@@H]1O. The molecule has 6 N–H and O–H groups in total. The molecule has 180 valence electrons. The van der Waals surface area contributed by atoms with Crippen LogP contribution in [-0.2, 0) is 10.3 Å². The van der Waals surface area contributed by atoms with Gasteiger partial charge in [-0.1, -0.05) is 91.0 Å². The number of nitrogens with one attached hydrogen (secondary N) is 2. The minimum absolute atomic E-state index is 0.400. The van der Waals surface area contributed by atoms with Gasteiger partial charge in [0.2, 0.25) is 0 Å². The molecule has 0 amide bonds. The van der Waals surface area contributed by atoms with E-state index in [9.17, 15) is 20.4 Å². The number of benzene rings is 3. The van der Waals surface area contributed by atoms with Crippen molar-refractivity contribution in [3.63, 3.8) is 0 Å². The minimum Gasteiger partial charge on any atom is -0.394 e. The van der Waals surface area contributed by atoms with Crippen molar-refractivity contribution in [2.24, 2.45) is 0 Å². The molecule has 0 aromatic heterocycles. The van der Waals surface area contributed by atoms with Crippen LogP contribution in [0, 0.1) is 0 Å². The van der Waals surface area contributed by atoms with Crippen LogP contribution in [0.15, 0.2) is 91.0 Å². The Hall–Kier alpha value is -2.62. The van der Waals surface area contributed by atoms with Crippen molar-refractivity contribution in [1.29, 1.82) is 0 Å². The van der Waals surface area contributed by atoms with Gasteiger partial charge >= 0.3 is 0 Å². The van der Waals surface area contributed by atoms with Gasteiger partial charge in [-0.15, -0.1) is 0 Å². The lowest BCUT2D eigenvalue weighted by Gasteiger charge is -2.41. The number of rotatable bonds is 9. The molecule has 0 radical (unpaired) electrons. The van der Waals surface area contributed by atoms with E-state index in [0.29, 0.717) is 13.1 Å². The Morgan fingerprint density at radius 1 is 0.647 bits per heavy atom. The summed E-state index contributed by atoms with van der Waals surface area (Å²) in [7, 11) is 0. The Kier molecular flexibility index (Phi) is 8.07. The second kappa shape index (κ2) is 11.2. The third-order valence-electron chi connectivity index (χ3n) is 6.37. The highest BCUT2D eigenvalue weighted by Crippen LogP contribution is 2.36. The Bertz CT molecular complexity index is 907. The summed E-state index contributed by atoms with van der Waals surface area (Å²) in [5.74, 6) is 0. The summed E-state index contributed by atoms with van der Waals surface area (Å²) < 4.78 is 5.57. The number of hydrogen-bond donors (Lipinski definition) is 6. The van der Waals surface area contributed by atoms with Crippen molar-refractivity contribution < 1.29 is 25.2 Å². The average molecular weight is 465 g/mol. The summed E-state index contributed by atoms with van der Waals surface area (Å²) in [6.07, 6.45) is -5.97. The number of aliphatic hydroxyl groups excluding tert-OH is 4. The molecule has 1 heterocycles. The Balaban J connectivity index is 1.58. The van der Waals surface area contributed by atoms with Gasteiger partial charge in [-0.3, -0.25) is 10.6 Å². The van der Waals surface area contributed by atoms with Crippen LogP contribution in [-0.4, -0.2) is 70.8 Å². The summed E-state index contributed by atoms with van der Waals surface area (Å²) in [5.41, 5.74) is 2.63. The van der Waals surface area contributed by atoms with Gasteiger partial charge in [0.25, 0.3) is 0 Å². The third kappa shape index (κ3) is 4.92. The zero-order valence-electron chi connectivity index (χ0n) is 18.9.